The highest BCUT2D eigenvalue weighted by atomic mass is 16.5. The van der Waals surface area contributed by atoms with Gasteiger partial charge in [0.2, 0.25) is 11.8 Å². The Balaban J connectivity index is 1.96. The van der Waals surface area contributed by atoms with Gasteiger partial charge in [-0.25, -0.2) is 14.5 Å². The van der Waals surface area contributed by atoms with Crippen LogP contribution in [-0.2, 0) is 22.6 Å². The van der Waals surface area contributed by atoms with E-state index in [1.54, 1.807) is 19.2 Å². The number of carbonyl (C=O) groups is 2. The number of nitrogens with two attached hydrogens (primary N) is 1. The molecule has 2 rings (SSSR count). The number of hydrogen-bond acceptors (Lipinski definition) is 7. The molecule has 0 atom stereocenters. The van der Waals surface area contributed by atoms with Crippen molar-refractivity contribution in [2.75, 3.05) is 18.9 Å². The van der Waals surface area contributed by atoms with E-state index >= 15 is 0 Å². The van der Waals surface area contributed by atoms with Crippen molar-refractivity contribution >= 4 is 17.7 Å². The van der Waals surface area contributed by atoms with Crippen LogP contribution in [0, 0.1) is 0 Å². The van der Waals surface area contributed by atoms with Gasteiger partial charge in [0.05, 0.1) is 19.4 Å². The van der Waals surface area contributed by atoms with Crippen LogP contribution in [0.2, 0.25) is 0 Å². The fraction of sp³-hybridized carbons (Fsp3) is 0.375. The van der Waals surface area contributed by atoms with E-state index in [0.717, 1.165) is 5.56 Å². The van der Waals surface area contributed by atoms with Gasteiger partial charge < -0.3 is 20.5 Å². The first-order chi connectivity index (χ1) is 12.1. The first-order valence-electron chi connectivity index (χ1n) is 7.88. The summed E-state index contributed by atoms with van der Waals surface area (Å²) in [6.45, 7) is 4.42. The lowest BCUT2D eigenvalue weighted by atomic mass is 10.2. The number of rotatable bonds is 8. The number of ether oxygens (including phenoxy) is 2. The topological polar surface area (TPSA) is 121 Å². The lowest BCUT2D eigenvalue weighted by Crippen LogP contribution is -2.28. The number of amides is 1. The highest BCUT2D eigenvalue weighted by molar-refractivity contribution is 5.94. The minimum Gasteiger partial charge on any atom is -0.478 e. The van der Waals surface area contributed by atoms with Crippen molar-refractivity contribution in [3.05, 3.63) is 35.7 Å². The van der Waals surface area contributed by atoms with Crippen LogP contribution in [0.25, 0.3) is 0 Å². The van der Waals surface area contributed by atoms with Crippen LogP contribution in [0.3, 0.4) is 0 Å². The third-order valence-corrected chi connectivity index (χ3v) is 3.28. The first kappa shape index (κ1) is 18.2. The van der Waals surface area contributed by atoms with E-state index in [0.29, 0.717) is 12.5 Å². The zero-order chi connectivity index (χ0) is 18.2. The number of anilines is 1. The summed E-state index contributed by atoms with van der Waals surface area (Å²) in [6, 6.07) is 3.58. The summed E-state index contributed by atoms with van der Waals surface area (Å²) in [5.74, 6) is -0.307. The molecular formula is C16H21N5O4. The van der Waals surface area contributed by atoms with Crippen molar-refractivity contribution in [1.82, 2.24) is 20.1 Å². The maximum Gasteiger partial charge on any atom is 0.343 e. The normalized spacial score (nSPS) is 10.3. The summed E-state index contributed by atoms with van der Waals surface area (Å²) < 4.78 is 11.5. The predicted molar refractivity (Wildman–Crippen MR) is 89.8 cm³/mol. The van der Waals surface area contributed by atoms with E-state index in [2.05, 4.69) is 15.4 Å². The molecule has 0 radical (unpaired) electrons. The van der Waals surface area contributed by atoms with Gasteiger partial charge in [-0.2, -0.15) is 5.10 Å². The molecule has 0 aliphatic heterocycles. The molecule has 2 aromatic heterocycles. The van der Waals surface area contributed by atoms with Crippen molar-refractivity contribution in [2.45, 2.75) is 26.9 Å². The molecule has 3 N–H and O–H groups in total. The Bertz CT molecular complexity index is 744. The van der Waals surface area contributed by atoms with Crippen molar-refractivity contribution in [1.29, 1.82) is 0 Å². The number of nitrogen functional groups attached to an aromatic ring is 1. The lowest BCUT2D eigenvalue weighted by molar-refractivity contribution is -0.122. The van der Waals surface area contributed by atoms with Crippen molar-refractivity contribution in [3.8, 4) is 5.88 Å². The number of nitrogens with one attached hydrogen (secondary N) is 1. The molecule has 0 aliphatic carbocycles. The van der Waals surface area contributed by atoms with Crippen LogP contribution in [0.1, 0.15) is 29.8 Å². The highest BCUT2D eigenvalue weighted by Gasteiger charge is 2.17. The van der Waals surface area contributed by atoms with Crippen molar-refractivity contribution in [3.63, 3.8) is 0 Å². The second-order valence-electron chi connectivity index (χ2n) is 5.00. The number of hydrogen-bond donors (Lipinski definition) is 2. The SMILES string of the molecule is CCOC(=O)c1cnn(CC(=O)NCc2cccnc2OCC)c1N. The van der Waals surface area contributed by atoms with Gasteiger partial charge in [-0.05, 0) is 19.9 Å². The van der Waals surface area contributed by atoms with Gasteiger partial charge in [-0.1, -0.05) is 6.07 Å². The summed E-state index contributed by atoms with van der Waals surface area (Å²) in [6.07, 6.45) is 2.91. The molecule has 0 saturated carbocycles. The monoisotopic (exact) mass is 347 g/mol. The van der Waals surface area contributed by atoms with Gasteiger partial charge in [0.25, 0.3) is 0 Å². The van der Waals surface area contributed by atoms with Gasteiger partial charge in [-0.3, -0.25) is 4.79 Å². The molecule has 9 nitrogen and oxygen atoms in total. The summed E-state index contributed by atoms with van der Waals surface area (Å²) >= 11 is 0. The van der Waals surface area contributed by atoms with E-state index in [4.69, 9.17) is 15.2 Å². The molecule has 25 heavy (non-hydrogen) atoms. The summed E-state index contributed by atoms with van der Waals surface area (Å²) in [4.78, 5) is 27.9. The van der Waals surface area contributed by atoms with Gasteiger partial charge in [0.15, 0.2) is 0 Å². The van der Waals surface area contributed by atoms with Gasteiger partial charge in [0, 0.05) is 18.3 Å². The molecule has 1 amide bonds. The number of carbonyl (C=O) groups excluding carboxylic acids is 2. The molecule has 2 aromatic rings. The quantitative estimate of drug-likeness (QED) is 0.676. The van der Waals surface area contributed by atoms with Gasteiger partial charge in [0.1, 0.15) is 17.9 Å². The van der Waals surface area contributed by atoms with Crippen LogP contribution in [0.4, 0.5) is 5.82 Å². The number of nitrogens with zero attached hydrogens (tertiary/aromatic N) is 3. The average Bonchev–Trinajstić information content (AvgIpc) is 2.95. The Hall–Kier alpha value is -3.10. The lowest BCUT2D eigenvalue weighted by Gasteiger charge is -2.10. The Morgan fingerprint density at radius 3 is 2.84 bits per heavy atom. The molecular weight excluding hydrogens is 326 g/mol. The number of pyridine rings is 1. The molecule has 0 aliphatic rings. The Morgan fingerprint density at radius 1 is 1.32 bits per heavy atom. The van der Waals surface area contributed by atoms with Crippen LogP contribution in [0.15, 0.2) is 24.5 Å². The van der Waals surface area contributed by atoms with E-state index < -0.39 is 5.97 Å². The van der Waals surface area contributed by atoms with Crippen LogP contribution >= 0.6 is 0 Å². The average molecular weight is 347 g/mol. The summed E-state index contributed by atoms with van der Waals surface area (Å²) in [5, 5.41) is 6.70. The largest absolute Gasteiger partial charge is 0.478 e. The smallest absolute Gasteiger partial charge is 0.343 e. The molecule has 0 fully saturated rings. The van der Waals surface area contributed by atoms with Gasteiger partial charge >= 0.3 is 5.97 Å². The molecule has 2 heterocycles. The first-order valence-corrected chi connectivity index (χ1v) is 7.88. The molecule has 0 spiro atoms. The Kier molecular flexibility index (Phi) is 6.33. The van der Waals surface area contributed by atoms with Crippen molar-refractivity contribution in [2.24, 2.45) is 0 Å². The molecule has 9 heteroatoms. The van der Waals surface area contributed by atoms with Crippen LogP contribution in [0.5, 0.6) is 5.88 Å². The third-order valence-electron chi connectivity index (χ3n) is 3.28. The maximum absolute atomic E-state index is 12.1. The number of esters is 1. The highest BCUT2D eigenvalue weighted by Crippen LogP contribution is 2.14. The molecule has 0 saturated heterocycles. The Labute approximate surface area is 145 Å². The fourth-order valence-corrected chi connectivity index (χ4v) is 2.10. The third kappa shape index (κ3) is 4.69. The number of aromatic nitrogens is 3. The summed E-state index contributed by atoms with van der Waals surface area (Å²) in [5.41, 5.74) is 6.75. The van der Waals surface area contributed by atoms with E-state index in [-0.39, 0.29) is 37.0 Å². The van der Waals surface area contributed by atoms with Crippen molar-refractivity contribution < 1.29 is 19.1 Å². The molecule has 0 unspecified atom stereocenters. The zero-order valence-corrected chi connectivity index (χ0v) is 14.2. The molecule has 134 valence electrons. The van der Waals surface area contributed by atoms with Gasteiger partial charge in [-0.15, -0.1) is 0 Å². The molecule has 0 bridgehead atoms. The zero-order valence-electron chi connectivity index (χ0n) is 14.2. The maximum atomic E-state index is 12.1. The second kappa shape index (κ2) is 8.67. The van der Waals surface area contributed by atoms with E-state index in [9.17, 15) is 9.59 Å². The minimum absolute atomic E-state index is 0.0879. The minimum atomic E-state index is -0.566. The van der Waals surface area contributed by atoms with E-state index in [1.165, 1.54) is 10.9 Å². The fourth-order valence-electron chi connectivity index (χ4n) is 2.10. The predicted octanol–water partition coefficient (Wildman–Crippen LogP) is 0.752. The van der Waals surface area contributed by atoms with Crippen LogP contribution < -0.4 is 15.8 Å². The summed E-state index contributed by atoms with van der Waals surface area (Å²) in [7, 11) is 0. The van der Waals surface area contributed by atoms with Crippen LogP contribution in [-0.4, -0.2) is 39.9 Å². The molecule has 0 aromatic carbocycles. The van der Waals surface area contributed by atoms with E-state index in [1.807, 2.05) is 13.0 Å². The standard InChI is InChI=1S/C16H21N5O4/c1-3-24-15-11(6-5-7-18-15)8-19-13(22)10-21-14(17)12(9-20-21)16(23)25-4-2/h5-7,9H,3-4,8,10,17H2,1-2H3,(H,19,22). The Morgan fingerprint density at radius 2 is 2.12 bits per heavy atom. The second-order valence-corrected chi connectivity index (χ2v) is 5.00.